The minimum absolute atomic E-state index is 0.00362. The molecule has 0 saturated carbocycles. The van der Waals surface area contributed by atoms with E-state index >= 15 is 0 Å². The molecule has 2 rings (SSSR count). The third-order valence-corrected chi connectivity index (χ3v) is 13.7. The quantitative estimate of drug-likeness (QED) is 0.0174. The highest BCUT2D eigenvalue weighted by Gasteiger charge is 2.35. The number of phosphoric ester groups is 1. The van der Waals surface area contributed by atoms with Crippen LogP contribution in [-0.4, -0.2) is 112 Å². The van der Waals surface area contributed by atoms with E-state index in [1.54, 1.807) is 7.11 Å². The molecule has 0 aromatic heterocycles. The number of rotatable bonds is 33. The van der Waals surface area contributed by atoms with Crippen molar-refractivity contribution in [2.24, 2.45) is 23.7 Å². The average Bonchev–Trinajstić information content (AvgIpc) is 3.20. The largest absolute Gasteiger partial charge is 0.487 e. The molecule has 15 heteroatoms. The second-order valence-electron chi connectivity index (χ2n) is 20.4. The van der Waals surface area contributed by atoms with Gasteiger partial charge in [0.1, 0.15) is 36.3 Å². The van der Waals surface area contributed by atoms with Crippen molar-refractivity contribution < 1.29 is 56.7 Å². The zero-order valence-electron chi connectivity index (χ0n) is 41.9. The van der Waals surface area contributed by atoms with Gasteiger partial charge in [0.15, 0.2) is 0 Å². The lowest BCUT2D eigenvalue weighted by atomic mass is 9.83. The van der Waals surface area contributed by atoms with E-state index in [9.17, 15) is 28.9 Å². The highest BCUT2D eigenvalue weighted by Crippen LogP contribution is 2.45. The number of hydrogen-bond donors (Lipinski definition) is 4. The Morgan fingerprint density at radius 2 is 1.48 bits per heavy atom. The smallest absolute Gasteiger partial charge is 0.472 e. The first-order chi connectivity index (χ1) is 30.0. The van der Waals surface area contributed by atoms with Crippen molar-refractivity contribution in [3.05, 3.63) is 22.3 Å². The Morgan fingerprint density at radius 1 is 0.844 bits per heavy atom. The average molecular weight is 927 g/mol. The van der Waals surface area contributed by atoms with Crippen molar-refractivity contribution in [1.29, 1.82) is 0 Å². The van der Waals surface area contributed by atoms with Gasteiger partial charge < -0.3 is 39.3 Å². The maximum Gasteiger partial charge on any atom is 0.472 e. The molecular formula is C49H89N3O11P+. The van der Waals surface area contributed by atoms with Crippen LogP contribution in [0, 0.1) is 44.4 Å². The van der Waals surface area contributed by atoms with Crippen molar-refractivity contribution in [3.8, 4) is 11.5 Å². The number of benzene rings is 1. The number of carbonyl (C=O) groups is 3. The fraction of sp³-hybridized carbons (Fsp3) is 0.816. The van der Waals surface area contributed by atoms with Crippen LogP contribution in [0.5, 0.6) is 11.5 Å². The fourth-order valence-corrected chi connectivity index (χ4v) is 8.96. The zero-order valence-corrected chi connectivity index (χ0v) is 42.8. The van der Waals surface area contributed by atoms with Gasteiger partial charge in [0.05, 0.1) is 40.8 Å². The van der Waals surface area contributed by atoms with Gasteiger partial charge in [-0.3, -0.25) is 23.4 Å². The van der Waals surface area contributed by atoms with E-state index in [1.165, 1.54) is 44.9 Å². The molecular weight excluding hydrogens is 838 g/mol. The molecule has 1 heterocycles. The summed E-state index contributed by atoms with van der Waals surface area (Å²) in [6.45, 7) is 17.9. The number of likely N-dealkylation sites (N-methyl/N-ethyl adjacent to an activating group) is 1. The monoisotopic (exact) mass is 927 g/mol. The number of phosphoric acid groups is 1. The first-order valence-electron chi connectivity index (χ1n) is 24.1. The van der Waals surface area contributed by atoms with E-state index in [1.807, 2.05) is 41.9 Å². The van der Waals surface area contributed by atoms with Gasteiger partial charge in [-0.1, -0.05) is 79.1 Å². The number of nitrogens with one attached hydrogen (secondary N) is 2. The number of fused-ring (bicyclic) bond motifs is 1. The zero-order chi connectivity index (χ0) is 48.1. The number of aliphatic hydroxyl groups is 1. The Hall–Kier alpha value is -2.58. The summed E-state index contributed by atoms with van der Waals surface area (Å²) in [5.74, 6) is 1.77. The molecule has 370 valence electrons. The summed E-state index contributed by atoms with van der Waals surface area (Å²) in [6.07, 6.45) is 14.3. The number of esters is 1. The first kappa shape index (κ1) is 57.5. The second kappa shape index (κ2) is 28.6. The van der Waals surface area contributed by atoms with Crippen LogP contribution in [-0.2, 0) is 39.2 Å². The van der Waals surface area contributed by atoms with Gasteiger partial charge >= 0.3 is 13.8 Å². The van der Waals surface area contributed by atoms with Crippen LogP contribution >= 0.6 is 7.82 Å². The molecule has 64 heavy (non-hydrogen) atoms. The number of unbranched alkanes of at least 4 members (excludes halogenated alkanes) is 1. The molecule has 0 bridgehead atoms. The molecule has 0 spiro atoms. The maximum atomic E-state index is 13.3. The number of amides is 2. The van der Waals surface area contributed by atoms with Gasteiger partial charge in [-0.2, -0.15) is 0 Å². The third kappa shape index (κ3) is 22.3. The highest BCUT2D eigenvalue weighted by molar-refractivity contribution is 7.47. The number of methoxy groups -OCH3 is 1. The van der Waals surface area contributed by atoms with Gasteiger partial charge in [0, 0.05) is 38.2 Å². The van der Waals surface area contributed by atoms with E-state index in [0.29, 0.717) is 48.6 Å². The summed E-state index contributed by atoms with van der Waals surface area (Å²) in [5, 5.41) is 14.8. The van der Waals surface area contributed by atoms with E-state index in [-0.39, 0.29) is 44.1 Å². The number of aliphatic hydroxyl groups excluding tert-OH is 1. The third-order valence-electron chi connectivity index (χ3n) is 12.7. The Bertz CT molecular complexity index is 1630. The molecule has 1 aliphatic heterocycles. The van der Waals surface area contributed by atoms with Gasteiger partial charge in [0.25, 0.3) is 0 Å². The van der Waals surface area contributed by atoms with Crippen LogP contribution in [0.3, 0.4) is 0 Å². The second-order valence-corrected chi connectivity index (χ2v) is 21.9. The van der Waals surface area contributed by atoms with Crippen molar-refractivity contribution >= 4 is 25.6 Å². The van der Waals surface area contributed by atoms with E-state index in [2.05, 4.69) is 45.3 Å². The molecule has 0 saturated heterocycles. The lowest BCUT2D eigenvalue weighted by molar-refractivity contribution is -0.870. The normalized spacial score (nSPS) is 18.0. The van der Waals surface area contributed by atoms with Gasteiger partial charge in [-0.25, -0.2) is 4.57 Å². The Labute approximate surface area is 386 Å². The van der Waals surface area contributed by atoms with Crippen LogP contribution in [0.2, 0.25) is 0 Å². The molecule has 1 aromatic rings. The van der Waals surface area contributed by atoms with Crippen LogP contribution in [0.25, 0.3) is 0 Å². The Kier molecular flexibility index (Phi) is 25.7. The van der Waals surface area contributed by atoms with E-state index < -0.39 is 38.3 Å². The Balaban J connectivity index is 1.98. The molecule has 4 N–H and O–H groups in total. The SMILES string of the molecule is COCC(CO)CCCCNC(=O)[C@H](COP(=O)(O)OCC[N+](C)(C)C)NC(=O)CCC(=O)Oc1c(C)c(C)c2c(c1C)CCC(C)(CCCC(C)CCCC(C)CCCC(C)C)O2. The fourth-order valence-electron chi connectivity index (χ4n) is 8.23. The molecule has 6 atom stereocenters. The van der Waals surface area contributed by atoms with Gasteiger partial charge in [-0.05, 0) is 101 Å². The number of quaternary nitrogens is 1. The van der Waals surface area contributed by atoms with Crippen LogP contribution in [0.1, 0.15) is 153 Å². The highest BCUT2D eigenvalue weighted by atomic mass is 31.2. The summed E-state index contributed by atoms with van der Waals surface area (Å²) in [4.78, 5) is 49.9. The minimum Gasteiger partial charge on any atom is -0.487 e. The molecule has 0 aliphatic carbocycles. The van der Waals surface area contributed by atoms with E-state index in [4.69, 9.17) is 23.3 Å². The minimum atomic E-state index is -4.55. The summed E-state index contributed by atoms with van der Waals surface area (Å²) >= 11 is 0. The summed E-state index contributed by atoms with van der Waals surface area (Å²) in [5.41, 5.74) is 3.36. The number of ether oxygens (including phenoxy) is 3. The van der Waals surface area contributed by atoms with Crippen LogP contribution in [0.15, 0.2) is 0 Å². The van der Waals surface area contributed by atoms with Crippen molar-refractivity contribution in [1.82, 2.24) is 10.6 Å². The lowest BCUT2D eigenvalue weighted by Crippen LogP contribution is -2.49. The van der Waals surface area contributed by atoms with Gasteiger partial charge in [0.2, 0.25) is 11.8 Å². The number of carbonyl (C=O) groups excluding carboxylic acids is 3. The summed E-state index contributed by atoms with van der Waals surface area (Å²) in [7, 11) is 2.73. The molecule has 1 aromatic carbocycles. The summed E-state index contributed by atoms with van der Waals surface area (Å²) in [6, 6.07) is -1.34. The predicted octanol–water partition coefficient (Wildman–Crippen LogP) is 8.69. The lowest BCUT2D eigenvalue weighted by Gasteiger charge is -2.38. The van der Waals surface area contributed by atoms with Crippen LogP contribution < -0.4 is 20.1 Å². The summed E-state index contributed by atoms with van der Waals surface area (Å²) < 4.78 is 41.2. The van der Waals surface area contributed by atoms with Crippen molar-refractivity contribution in [2.45, 2.75) is 170 Å². The molecule has 0 fully saturated rings. The molecule has 2 amide bonds. The van der Waals surface area contributed by atoms with E-state index in [0.717, 1.165) is 65.5 Å². The topological polar surface area (TPSA) is 179 Å². The van der Waals surface area contributed by atoms with Gasteiger partial charge in [-0.15, -0.1) is 0 Å². The Morgan fingerprint density at radius 3 is 2.09 bits per heavy atom. The van der Waals surface area contributed by atoms with Crippen LogP contribution in [0.4, 0.5) is 0 Å². The van der Waals surface area contributed by atoms with Crippen molar-refractivity contribution in [2.75, 3.05) is 67.8 Å². The molecule has 5 unspecified atom stereocenters. The number of nitrogens with zero attached hydrogens (tertiary/aromatic N) is 1. The molecule has 14 nitrogen and oxygen atoms in total. The molecule has 0 radical (unpaired) electrons. The predicted molar refractivity (Wildman–Crippen MR) is 253 cm³/mol. The first-order valence-corrected chi connectivity index (χ1v) is 25.6. The molecule has 1 aliphatic rings. The number of hydrogen-bond acceptors (Lipinski definition) is 10. The standard InChI is InChI=1S/C49H88N3O11P/c1-35(2)18-15-19-36(3)20-16-21-37(4)22-17-27-49(8)28-26-42-40(7)46(38(5)39(6)47(42)63-49)62-45(55)25-24-44(54)51-43(34-61-64(57,58)60-31-30-52(9,10)11)48(56)50-29-14-13-23-41(32-53)33-59-12/h35-37,41,43,53H,13-34H2,1-12H3,(H2-,50,51,54,56,57,58)/p+1/t36?,37?,41?,43-,49?/m0/s1. The van der Waals surface area contributed by atoms with Crippen molar-refractivity contribution in [3.63, 3.8) is 0 Å². The maximum absolute atomic E-state index is 13.3.